The minimum Gasteiger partial charge on any atom is -0.444 e. The van der Waals surface area contributed by atoms with Crippen molar-refractivity contribution in [1.29, 1.82) is 0 Å². The molecule has 17 heteroatoms. The molecule has 2 heterocycles. The SMILES string of the molecule is CC/C=C(\C=C(\C)CC(=O)NC1CN(S(=O)(=O)NC(=O)OCc2ccccc2)C1)C1=NOC(c2cc(Cl)c(F)c(Cl)c2)(C(F)(F)F)C1. The number of halogens is 6. The molecule has 1 saturated heterocycles. The van der Waals surface area contributed by atoms with Gasteiger partial charge in [0, 0.05) is 31.5 Å². The molecular formula is C30H30Cl2F4N4O6S. The van der Waals surface area contributed by atoms with E-state index in [0.717, 1.165) is 16.4 Å². The van der Waals surface area contributed by atoms with E-state index in [1.54, 1.807) is 50.3 Å². The van der Waals surface area contributed by atoms with Crippen molar-refractivity contribution in [2.75, 3.05) is 13.1 Å². The first kappa shape index (κ1) is 36.2. The minimum absolute atomic E-state index is 0.0601. The monoisotopic (exact) mass is 720 g/mol. The average Bonchev–Trinajstić information content (AvgIpc) is 3.43. The number of rotatable bonds is 11. The molecule has 47 heavy (non-hydrogen) atoms. The zero-order valence-electron chi connectivity index (χ0n) is 25.0. The number of oxime groups is 1. The summed E-state index contributed by atoms with van der Waals surface area (Å²) in [7, 11) is -4.20. The minimum atomic E-state index is -4.99. The Balaban J connectivity index is 1.33. The molecule has 10 nitrogen and oxygen atoms in total. The number of alkyl halides is 3. The van der Waals surface area contributed by atoms with Crippen molar-refractivity contribution < 1.29 is 45.1 Å². The number of carbonyl (C=O) groups is 2. The normalized spacial score (nSPS) is 19.4. The van der Waals surface area contributed by atoms with E-state index < -0.39 is 67.9 Å². The molecule has 1 fully saturated rings. The van der Waals surface area contributed by atoms with Gasteiger partial charge < -0.3 is 14.9 Å². The molecule has 1 atom stereocenters. The molecule has 254 valence electrons. The van der Waals surface area contributed by atoms with E-state index in [9.17, 15) is 35.6 Å². The number of ether oxygens (including phenoxy) is 1. The summed E-state index contributed by atoms with van der Waals surface area (Å²) >= 11 is 11.5. The van der Waals surface area contributed by atoms with Crippen LogP contribution in [0.15, 0.2) is 70.9 Å². The molecule has 0 spiro atoms. The molecule has 2 aliphatic heterocycles. The van der Waals surface area contributed by atoms with Crippen LogP contribution in [0.2, 0.25) is 10.0 Å². The van der Waals surface area contributed by atoms with Crippen molar-refractivity contribution >= 4 is 51.1 Å². The van der Waals surface area contributed by atoms with Gasteiger partial charge in [-0.05, 0) is 36.6 Å². The third-order valence-electron chi connectivity index (χ3n) is 7.21. The Morgan fingerprint density at radius 3 is 2.40 bits per heavy atom. The molecule has 2 N–H and O–H groups in total. The van der Waals surface area contributed by atoms with Crippen molar-refractivity contribution in [3.8, 4) is 0 Å². The molecule has 2 aromatic rings. The van der Waals surface area contributed by atoms with Crippen LogP contribution < -0.4 is 10.0 Å². The van der Waals surface area contributed by atoms with Crippen LogP contribution in [0.3, 0.4) is 0 Å². The predicted octanol–water partition coefficient (Wildman–Crippen LogP) is 6.31. The Labute approximate surface area is 278 Å². The van der Waals surface area contributed by atoms with Gasteiger partial charge >= 0.3 is 22.5 Å². The highest BCUT2D eigenvalue weighted by molar-refractivity contribution is 7.87. The average molecular weight is 722 g/mol. The number of carbonyl (C=O) groups excluding carboxylic acids is 2. The van der Waals surface area contributed by atoms with Crippen LogP contribution >= 0.6 is 23.2 Å². The summed E-state index contributed by atoms with van der Waals surface area (Å²) in [5, 5.41) is 5.19. The van der Waals surface area contributed by atoms with Gasteiger partial charge in [-0.15, -0.1) is 0 Å². The molecule has 4 rings (SSSR count). The van der Waals surface area contributed by atoms with Crippen LogP contribution in [0, 0.1) is 5.82 Å². The van der Waals surface area contributed by atoms with E-state index in [4.69, 9.17) is 32.8 Å². The summed E-state index contributed by atoms with van der Waals surface area (Å²) in [6.07, 6.45) is -3.52. The van der Waals surface area contributed by atoms with Gasteiger partial charge in [-0.1, -0.05) is 83.3 Å². The van der Waals surface area contributed by atoms with Gasteiger partial charge in [0.05, 0.1) is 21.8 Å². The zero-order chi connectivity index (χ0) is 34.6. The Kier molecular flexibility index (Phi) is 11.3. The maximum atomic E-state index is 14.4. The van der Waals surface area contributed by atoms with Gasteiger partial charge in [0.2, 0.25) is 5.91 Å². The molecule has 0 radical (unpaired) electrons. The lowest BCUT2D eigenvalue weighted by Crippen LogP contribution is -2.63. The molecule has 2 aliphatic rings. The summed E-state index contributed by atoms with van der Waals surface area (Å²) in [5.74, 6) is -1.53. The highest BCUT2D eigenvalue weighted by atomic mass is 35.5. The maximum Gasteiger partial charge on any atom is 0.435 e. The van der Waals surface area contributed by atoms with Crippen LogP contribution in [0.25, 0.3) is 0 Å². The standard InChI is InChI=1S/C30H30Cl2F4N4O6S/c1-3-7-20(25-14-29(46-38-25,30(34,35)36)21-12-23(31)27(33)24(32)13-21)10-18(2)11-26(41)37-22-15-40(16-22)47(43,44)39-28(42)45-17-19-8-5-4-6-9-19/h4-10,12-13,22H,3,11,14-17H2,1-2H3,(H,37,41)(H,39,42)/b18-10-,20-7+. The largest absolute Gasteiger partial charge is 0.444 e. The van der Waals surface area contributed by atoms with Crippen molar-refractivity contribution in [3.63, 3.8) is 0 Å². The van der Waals surface area contributed by atoms with Crippen molar-refractivity contribution in [2.45, 2.75) is 57.5 Å². The predicted molar refractivity (Wildman–Crippen MR) is 166 cm³/mol. The van der Waals surface area contributed by atoms with Crippen LogP contribution in [-0.4, -0.2) is 55.7 Å². The Bertz CT molecular complexity index is 1690. The van der Waals surface area contributed by atoms with Crippen molar-refractivity contribution in [2.24, 2.45) is 5.16 Å². The van der Waals surface area contributed by atoms with E-state index in [-0.39, 0.29) is 37.4 Å². The first-order valence-electron chi connectivity index (χ1n) is 14.2. The Morgan fingerprint density at radius 1 is 1.17 bits per heavy atom. The third kappa shape index (κ3) is 8.63. The molecule has 1 unspecified atom stereocenters. The highest BCUT2D eigenvalue weighted by Crippen LogP contribution is 2.50. The molecule has 0 saturated carbocycles. The second-order valence-corrected chi connectivity index (χ2v) is 13.4. The van der Waals surface area contributed by atoms with Crippen molar-refractivity contribution in [1.82, 2.24) is 14.3 Å². The number of hydrogen-bond acceptors (Lipinski definition) is 7. The molecule has 0 bridgehead atoms. The maximum absolute atomic E-state index is 14.4. The lowest BCUT2D eigenvalue weighted by Gasteiger charge is -2.37. The van der Waals surface area contributed by atoms with Gasteiger partial charge in [-0.2, -0.15) is 25.9 Å². The van der Waals surface area contributed by atoms with Gasteiger partial charge in [0.1, 0.15) is 6.61 Å². The highest BCUT2D eigenvalue weighted by Gasteiger charge is 2.62. The fraction of sp³-hybridized carbons (Fsp3) is 0.367. The van der Waals surface area contributed by atoms with Gasteiger partial charge in [0.15, 0.2) is 5.82 Å². The second-order valence-electron chi connectivity index (χ2n) is 10.9. The van der Waals surface area contributed by atoms with Crippen molar-refractivity contribution in [3.05, 3.63) is 92.8 Å². The van der Waals surface area contributed by atoms with E-state index in [0.29, 0.717) is 17.6 Å². The number of nitrogens with zero attached hydrogens (tertiary/aromatic N) is 2. The topological polar surface area (TPSA) is 126 Å². The van der Waals surface area contributed by atoms with Crippen LogP contribution in [0.5, 0.6) is 0 Å². The smallest absolute Gasteiger partial charge is 0.435 e. The quantitative estimate of drug-likeness (QED) is 0.159. The summed E-state index contributed by atoms with van der Waals surface area (Å²) in [5.41, 5.74) is -2.13. The fourth-order valence-corrected chi connectivity index (χ4v) is 6.46. The fourth-order valence-electron chi connectivity index (χ4n) is 4.82. The third-order valence-corrected chi connectivity index (χ3v) is 9.17. The Hall–Kier alpha value is -3.66. The lowest BCUT2D eigenvalue weighted by atomic mass is 9.86. The summed E-state index contributed by atoms with van der Waals surface area (Å²) in [6, 6.07) is 9.74. The summed E-state index contributed by atoms with van der Waals surface area (Å²) < 4.78 is 89.8. The Morgan fingerprint density at radius 2 is 1.81 bits per heavy atom. The lowest BCUT2D eigenvalue weighted by molar-refractivity contribution is -0.275. The number of hydrogen-bond donors (Lipinski definition) is 2. The van der Waals surface area contributed by atoms with E-state index in [2.05, 4.69) is 10.5 Å². The van der Waals surface area contributed by atoms with E-state index >= 15 is 0 Å². The van der Waals surface area contributed by atoms with Crippen LogP contribution in [0.1, 0.15) is 44.2 Å². The van der Waals surface area contributed by atoms with Gasteiger partial charge in [0.25, 0.3) is 5.60 Å². The van der Waals surface area contributed by atoms with Gasteiger partial charge in [-0.25, -0.2) is 13.9 Å². The molecule has 0 aromatic heterocycles. The van der Waals surface area contributed by atoms with Gasteiger partial charge in [-0.3, -0.25) is 4.79 Å². The number of benzene rings is 2. The number of allylic oxidation sites excluding steroid dienone is 3. The summed E-state index contributed by atoms with van der Waals surface area (Å²) in [6.45, 7) is 3.05. The molecule has 2 amide bonds. The molecule has 2 aromatic carbocycles. The second kappa shape index (κ2) is 14.6. The van der Waals surface area contributed by atoms with E-state index in [1.807, 2.05) is 4.72 Å². The summed E-state index contributed by atoms with van der Waals surface area (Å²) in [4.78, 5) is 29.7. The molecular weight excluding hydrogens is 691 g/mol. The zero-order valence-corrected chi connectivity index (χ0v) is 27.4. The number of nitrogens with one attached hydrogen (secondary N) is 2. The first-order valence-corrected chi connectivity index (χ1v) is 16.4. The van der Waals surface area contributed by atoms with Crippen LogP contribution in [-0.2, 0) is 36.8 Å². The molecule has 0 aliphatic carbocycles. The van der Waals surface area contributed by atoms with Crippen LogP contribution in [0.4, 0.5) is 22.4 Å². The first-order chi connectivity index (χ1) is 22.0. The number of amides is 2. The van der Waals surface area contributed by atoms with E-state index in [1.165, 1.54) is 6.08 Å².